The van der Waals surface area contributed by atoms with Crippen molar-refractivity contribution in [2.75, 3.05) is 0 Å². The predicted molar refractivity (Wildman–Crippen MR) is 59.5 cm³/mol. The van der Waals surface area contributed by atoms with Gasteiger partial charge in [0.25, 0.3) is 0 Å². The second-order valence-corrected chi connectivity index (χ2v) is 5.02. The summed E-state index contributed by atoms with van der Waals surface area (Å²) in [6.07, 6.45) is 0. The zero-order valence-corrected chi connectivity index (χ0v) is 9.77. The van der Waals surface area contributed by atoms with Crippen molar-refractivity contribution in [1.29, 1.82) is 0 Å². The number of hydrogen-bond acceptors (Lipinski definition) is 2. The van der Waals surface area contributed by atoms with Gasteiger partial charge >= 0.3 is 0 Å². The average molecular weight is 232 g/mol. The molecule has 0 aromatic heterocycles. The minimum absolute atomic E-state index is 0.224. The number of halogens is 2. The van der Waals surface area contributed by atoms with Crippen LogP contribution >= 0.6 is 11.6 Å². The van der Waals surface area contributed by atoms with Gasteiger partial charge in [-0.3, -0.25) is 0 Å². The number of rotatable bonds is 1. The van der Waals surface area contributed by atoms with Crippen molar-refractivity contribution in [1.82, 2.24) is 0 Å². The van der Waals surface area contributed by atoms with E-state index in [1.165, 1.54) is 12.1 Å². The number of phenolic OH excluding ortho intramolecular Hbond substituents is 1. The lowest BCUT2D eigenvalue weighted by Gasteiger charge is -2.28. The number of hydrogen-bond donors (Lipinski definition) is 2. The first-order valence-electron chi connectivity index (χ1n) is 4.67. The van der Waals surface area contributed by atoms with Crippen molar-refractivity contribution in [3.63, 3.8) is 0 Å². The van der Waals surface area contributed by atoms with E-state index in [9.17, 15) is 9.50 Å². The number of nitrogens with two attached hydrogens (primary N) is 1. The summed E-state index contributed by atoms with van der Waals surface area (Å²) in [5.41, 5.74) is 6.19. The largest absolute Gasteiger partial charge is 0.506 e. The van der Waals surface area contributed by atoms with Crippen LogP contribution in [0.25, 0.3) is 0 Å². The molecule has 0 radical (unpaired) electrons. The summed E-state index contributed by atoms with van der Waals surface area (Å²) in [5, 5.41) is 9.39. The van der Waals surface area contributed by atoms with Crippen LogP contribution in [0.2, 0.25) is 5.02 Å². The maximum atomic E-state index is 13.0. The van der Waals surface area contributed by atoms with Gasteiger partial charge in [-0.05, 0) is 11.5 Å². The van der Waals surface area contributed by atoms with Gasteiger partial charge in [-0.2, -0.15) is 0 Å². The Labute approximate surface area is 93.9 Å². The highest BCUT2D eigenvalue weighted by molar-refractivity contribution is 6.32. The van der Waals surface area contributed by atoms with Gasteiger partial charge in [0, 0.05) is 11.6 Å². The fourth-order valence-electron chi connectivity index (χ4n) is 1.27. The van der Waals surface area contributed by atoms with Crippen molar-refractivity contribution < 1.29 is 9.50 Å². The Morgan fingerprint density at radius 3 is 2.40 bits per heavy atom. The summed E-state index contributed by atoms with van der Waals surface area (Å²) in [7, 11) is 0. The molecule has 0 amide bonds. The van der Waals surface area contributed by atoms with E-state index in [2.05, 4.69) is 0 Å². The van der Waals surface area contributed by atoms with E-state index in [1.807, 2.05) is 20.8 Å². The van der Waals surface area contributed by atoms with Crippen LogP contribution in [0.4, 0.5) is 4.39 Å². The SMILES string of the molecule is CC(C)(C)[C@@H](N)c1ccc(F)c(Cl)c1O. The second-order valence-electron chi connectivity index (χ2n) is 4.64. The van der Waals surface area contributed by atoms with Gasteiger partial charge in [-0.25, -0.2) is 4.39 Å². The molecule has 15 heavy (non-hydrogen) atoms. The Morgan fingerprint density at radius 1 is 1.40 bits per heavy atom. The monoisotopic (exact) mass is 231 g/mol. The molecule has 0 aliphatic rings. The Kier molecular flexibility index (Phi) is 3.26. The van der Waals surface area contributed by atoms with Crippen LogP contribution in [0.5, 0.6) is 5.75 Å². The topological polar surface area (TPSA) is 46.2 Å². The zero-order chi connectivity index (χ0) is 11.8. The van der Waals surface area contributed by atoms with E-state index in [1.54, 1.807) is 0 Å². The molecule has 0 fully saturated rings. The average Bonchev–Trinajstić information content (AvgIpc) is 2.12. The van der Waals surface area contributed by atoms with Crippen LogP contribution in [0, 0.1) is 11.2 Å². The normalized spacial score (nSPS) is 14.0. The molecular formula is C11H15ClFNO. The molecule has 2 nitrogen and oxygen atoms in total. The molecule has 0 spiro atoms. The lowest BCUT2D eigenvalue weighted by Crippen LogP contribution is -2.26. The Bertz CT molecular complexity index is 374. The molecule has 0 bridgehead atoms. The minimum Gasteiger partial charge on any atom is -0.506 e. The summed E-state index contributed by atoms with van der Waals surface area (Å²) < 4.78 is 13.0. The molecule has 0 saturated heterocycles. The molecule has 1 rings (SSSR count). The molecule has 0 aliphatic carbocycles. The maximum absolute atomic E-state index is 13.0. The molecule has 0 unspecified atom stereocenters. The maximum Gasteiger partial charge on any atom is 0.145 e. The van der Waals surface area contributed by atoms with Gasteiger partial charge in [0.15, 0.2) is 0 Å². The van der Waals surface area contributed by atoms with Crippen LogP contribution in [0.1, 0.15) is 32.4 Å². The third-order valence-electron chi connectivity index (χ3n) is 2.37. The van der Waals surface area contributed by atoms with E-state index in [-0.39, 0.29) is 16.2 Å². The van der Waals surface area contributed by atoms with Crippen molar-refractivity contribution >= 4 is 11.6 Å². The second kappa shape index (κ2) is 3.99. The highest BCUT2D eigenvalue weighted by atomic mass is 35.5. The first-order chi connectivity index (χ1) is 6.75. The van der Waals surface area contributed by atoms with Crippen LogP contribution in [0.3, 0.4) is 0 Å². The van der Waals surface area contributed by atoms with Gasteiger partial charge in [0.2, 0.25) is 0 Å². The van der Waals surface area contributed by atoms with Crippen molar-refractivity contribution in [3.8, 4) is 5.75 Å². The van der Waals surface area contributed by atoms with E-state index >= 15 is 0 Å². The molecule has 1 aromatic carbocycles. The summed E-state index contributed by atoms with van der Waals surface area (Å²) in [6.45, 7) is 5.82. The van der Waals surface area contributed by atoms with Gasteiger partial charge < -0.3 is 10.8 Å². The van der Waals surface area contributed by atoms with Crippen molar-refractivity contribution in [2.24, 2.45) is 11.1 Å². The van der Waals surface area contributed by atoms with Crippen molar-refractivity contribution in [3.05, 3.63) is 28.5 Å². The standard InChI is InChI=1S/C11H15ClFNO/c1-11(2,3)10(14)6-4-5-7(13)8(12)9(6)15/h4-5,10,15H,14H2,1-3H3/t10-/m0/s1. The summed E-state index contributed by atoms with van der Waals surface area (Å²) in [4.78, 5) is 0. The molecule has 84 valence electrons. The smallest absolute Gasteiger partial charge is 0.145 e. The van der Waals surface area contributed by atoms with Crippen LogP contribution < -0.4 is 5.73 Å². The first-order valence-corrected chi connectivity index (χ1v) is 5.05. The Hall–Kier alpha value is -0.800. The highest BCUT2D eigenvalue weighted by Gasteiger charge is 2.26. The highest BCUT2D eigenvalue weighted by Crippen LogP contribution is 2.39. The molecule has 1 atom stereocenters. The Balaban J connectivity index is 3.23. The molecular weight excluding hydrogens is 217 g/mol. The number of phenols is 1. The summed E-state index contributed by atoms with van der Waals surface area (Å²) in [5.74, 6) is -0.905. The van der Waals surface area contributed by atoms with E-state index in [0.717, 1.165) is 0 Å². The third kappa shape index (κ3) is 2.41. The van der Waals surface area contributed by atoms with Gasteiger partial charge in [-0.15, -0.1) is 0 Å². The predicted octanol–water partition coefficient (Wildman–Crippen LogP) is 3.23. The van der Waals surface area contributed by atoms with Crippen molar-refractivity contribution in [2.45, 2.75) is 26.8 Å². The lowest BCUT2D eigenvalue weighted by atomic mass is 9.83. The molecule has 4 heteroatoms. The summed E-state index contributed by atoms with van der Waals surface area (Å²) >= 11 is 5.60. The fourth-order valence-corrected chi connectivity index (χ4v) is 1.44. The minimum atomic E-state index is -0.640. The Morgan fingerprint density at radius 2 is 1.93 bits per heavy atom. The quantitative estimate of drug-likeness (QED) is 0.780. The van der Waals surface area contributed by atoms with Gasteiger partial charge in [-0.1, -0.05) is 38.4 Å². The number of benzene rings is 1. The van der Waals surface area contributed by atoms with Crippen LogP contribution in [0.15, 0.2) is 12.1 Å². The summed E-state index contributed by atoms with van der Waals surface area (Å²) in [6, 6.07) is 2.28. The molecule has 0 saturated carbocycles. The first kappa shape index (κ1) is 12.3. The van der Waals surface area contributed by atoms with Crippen LogP contribution in [-0.4, -0.2) is 5.11 Å². The lowest BCUT2D eigenvalue weighted by molar-refractivity contribution is 0.317. The van der Waals surface area contributed by atoms with E-state index in [0.29, 0.717) is 5.56 Å². The van der Waals surface area contributed by atoms with E-state index in [4.69, 9.17) is 17.3 Å². The molecule has 3 N–H and O–H groups in total. The zero-order valence-electron chi connectivity index (χ0n) is 9.01. The third-order valence-corrected chi connectivity index (χ3v) is 2.73. The molecule has 0 aliphatic heterocycles. The fraction of sp³-hybridized carbons (Fsp3) is 0.455. The molecule has 0 heterocycles. The molecule has 1 aromatic rings. The van der Waals surface area contributed by atoms with E-state index < -0.39 is 11.9 Å². The van der Waals surface area contributed by atoms with Crippen LogP contribution in [-0.2, 0) is 0 Å². The van der Waals surface area contributed by atoms with Gasteiger partial charge in [0.1, 0.15) is 16.6 Å². The number of aromatic hydroxyl groups is 1. The van der Waals surface area contributed by atoms with Gasteiger partial charge in [0.05, 0.1) is 0 Å².